The number of pyridine rings is 1. The first-order valence-corrected chi connectivity index (χ1v) is 6.43. The first-order chi connectivity index (χ1) is 10.2. The zero-order valence-corrected chi connectivity index (χ0v) is 11.7. The molecule has 1 aromatic carbocycles. The molecule has 0 unspecified atom stereocenters. The Balaban J connectivity index is 2.01. The van der Waals surface area contributed by atoms with E-state index in [1.54, 1.807) is 31.4 Å². The summed E-state index contributed by atoms with van der Waals surface area (Å²) in [6.07, 6.45) is 3.02. The average molecular weight is 282 g/mol. The second-order valence-corrected chi connectivity index (χ2v) is 4.57. The van der Waals surface area contributed by atoms with Crippen LogP contribution in [0.1, 0.15) is 5.56 Å². The maximum Gasteiger partial charge on any atom is 0.230 e. The number of anilines is 1. The van der Waals surface area contributed by atoms with E-state index in [0.717, 1.165) is 16.8 Å². The lowest BCUT2D eigenvalue weighted by molar-refractivity contribution is 0.464. The highest BCUT2D eigenvalue weighted by Gasteiger charge is 2.09. The van der Waals surface area contributed by atoms with E-state index in [4.69, 9.17) is 4.74 Å². The van der Waals surface area contributed by atoms with E-state index in [0.29, 0.717) is 17.1 Å². The molecular formula is C15H14N4O2. The summed E-state index contributed by atoms with van der Waals surface area (Å²) < 4.78 is 5.76. The van der Waals surface area contributed by atoms with Crippen LogP contribution in [-0.4, -0.2) is 27.1 Å². The standard InChI is InChI=1S/C15H14N4O2/c1-9-5-11-12(6-13(9)20)18-8-19-15(11)21-10-3-4-14(16-2)17-7-10/h3-8,20H,1-2H3,(H,16,17). The number of nitrogens with one attached hydrogen (secondary N) is 1. The highest BCUT2D eigenvalue weighted by Crippen LogP contribution is 2.30. The summed E-state index contributed by atoms with van der Waals surface area (Å²) in [7, 11) is 1.80. The van der Waals surface area contributed by atoms with Crippen LogP contribution in [0.3, 0.4) is 0 Å². The molecule has 21 heavy (non-hydrogen) atoms. The van der Waals surface area contributed by atoms with E-state index in [1.807, 2.05) is 13.0 Å². The van der Waals surface area contributed by atoms with E-state index in [-0.39, 0.29) is 5.75 Å². The minimum atomic E-state index is 0.201. The van der Waals surface area contributed by atoms with E-state index in [1.165, 1.54) is 6.33 Å². The lowest BCUT2D eigenvalue weighted by Crippen LogP contribution is -1.94. The zero-order chi connectivity index (χ0) is 14.8. The minimum Gasteiger partial charge on any atom is -0.508 e. The highest BCUT2D eigenvalue weighted by atomic mass is 16.5. The van der Waals surface area contributed by atoms with Crippen molar-refractivity contribution < 1.29 is 9.84 Å². The Hall–Kier alpha value is -2.89. The van der Waals surface area contributed by atoms with Crippen LogP contribution in [0.5, 0.6) is 17.4 Å². The molecule has 0 saturated heterocycles. The normalized spacial score (nSPS) is 10.6. The molecule has 0 radical (unpaired) electrons. The Labute approximate surface area is 121 Å². The van der Waals surface area contributed by atoms with Crippen molar-refractivity contribution in [3.8, 4) is 17.4 Å². The maximum absolute atomic E-state index is 9.74. The molecule has 0 saturated carbocycles. The van der Waals surface area contributed by atoms with Gasteiger partial charge in [0.05, 0.1) is 17.1 Å². The van der Waals surface area contributed by atoms with Crippen LogP contribution < -0.4 is 10.1 Å². The molecule has 0 atom stereocenters. The van der Waals surface area contributed by atoms with Gasteiger partial charge in [-0.1, -0.05) is 0 Å². The number of fused-ring (bicyclic) bond motifs is 1. The Morgan fingerprint density at radius 1 is 1.14 bits per heavy atom. The number of benzene rings is 1. The summed E-state index contributed by atoms with van der Waals surface area (Å²) in [6.45, 7) is 1.81. The first kappa shape index (κ1) is 13.1. The lowest BCUT2D eigenvalue weighted by atomic mass is 10.1. The van der Waals surface area contributed by atoms with E-state index in [2.05, 4.69) is 20.3 Å². The number of rotatable bonds is 3. The van der Waals surface area contributed by atoms with E-state index < -0.39 is 0 Å². The summed E-state index contributed by atoms with van der Waals surface area (Å²) in [5.41, 5.74) is 1.37. The Kier molecular flexibility index (Phi) is 3.27. The molecule has 0 aliphatic carbocycles. The minimum absolute atomic E-state index is 0.201. The Morgan fingerprint density at radius 3 is 2.71 bits per heavy atom. The zero-order valence-electron chi connectivity index (χ0n) is 11.7. The fraction of sp³-hybridized carbons (Fsp3) is 0.133. The summed E-state index contributed by atoms with van der Waals surface area (Å²) in [5, 5.41) is 13.4. The first-order valence-electron chi connectivity index (χ1n) is 6.43. The van der Waals surface area contributed by atoms with Gasteiger partial charge in [-0.05, 0) is 30.7 Å². The second kappa shape index (κ2) is 5.24. The number of nitrogens with zero attached hydrogens (tertiary/aromatic N) is 3. The van der Waals surface area contributed by atoms with Gasteiger partial charge in [0, 0.05) is 13.1 Å². The molecule has 0 aliphatic rings. The third kappa shape index (κ3) is 2.55. The lowest BCUT2D eigenvalue weighted by Gasteiger charge is -2.09. The van der Waals surface area contributed by atoms with Gasteiger partial charge in [0.15, 0.2) is 0 Å². The predicted octanol–water partition coefficient (Wildman–Crippen LogP) is 2.87. The van der Waals surface area contributed by atoms with Gasteiger partial charge in [0.1, 0.15) is 23.6 Å². The molecule has 3 rings (SSSR count). The Morgan fingerprint density at radius 2 is 2.00 bits per heavy atom. The van der Waals surface area contributed by atoms with Crippen molar-refractivity contribution in [2.75, 3.05) is 12.4 Å². The number of hydrogen-bond acceptors (Lipinski definition) is 6. The Bertz CT molecular complexity index is 788. The fourth-order valence-electron chi connectivity index (χ4n) is 1.96. The van der Waals surface area contributed by atoms with Crippen LogP contribution >= 0.6 is 0 Å². The van der Waals surface area contributed by atoms with Gasteiger partial charge in [-0.2, -0.15) is 0 Å². The maximum atomic E-state index is 9.74. The smallest absolute Gasteiger partial charge is 0.230 e. The largest absolute Gasteiger partial charge is 0.508 e. The summed E-state index contributed by atoms with van der Waals surface area (Å²) in [5.74, 6) is 1.98. The SMILES string of the molecule is CNc1ccc(Oc2ncnc3cc(O)c(C)cc23)cn1. The van der Waals surface area contributed by atoms with Crippen LogP contribution in [-0.2, 0) is 0 Å². The second-order valence-electron chi connectivity index (χ2n) is 4.57. The number of aryl methyl sites for hydroxylation is 1. The quantitative estimate of drug-likeness (QED) is 0.769. The third-order valence-electron chi connectivity index (χ3n) is 3.12. The topological polar surface area (TPSA) is 80.2 Å². The van der Waals surface area contributed by atoms with Gasteiger partial charge in [0.25, 0.3) is 0 Å². The molecule has 2 aromatic heterocycles. The summed E-state index contributed by atoms with van der Waals surface area (Å²) >= 11 is 0. The number of phenols is 1. The third-order valence-corrected chi connectivity index (χ3v) is 3.12. The van der Waals surface area contributed by atoms with Crippen molar-refractivity contribution in [3.05, 3.63) is 42.4 Å². The molecule has 3 aromatic rings. The number of phenolic OH excluding ortho intramolecular Hbond substituents is 1. The van der Waals surface area contributed by atoms with E-state index in [9.17, 15) is 5.11 Å². The van der Waals surface area contributed by atoms with Crippen LogP contribution in [0.2, 0.25) is 0 Å². The number of hydrogen-bond donors (Lipinski definition) is 2. The number of aromatic hydroxyl groups is 1. The van der Waals surface area contributed by atoms with Crippen LogP contribution in [0.15, 0.2) is 36.8 Å². The monoisotopic (exact) mass is 282 g/mol. The van der Waals surface area contributed by atoms with Crippen molar-refractivity contribution in [3.63, 3.8) is 0 Å². The summed E-state index contributed by atoms with van der Waals surface area (Å²) in [6, 6.07) is 7.02. The average Bonchev–Trinajstić information content (AvgIpc) is 2.50. The molecule has 0 aliphatic heterocycles. The molecule has 2 heterocycles. The van der Waals surface area contributed by atoms with Crippen molar-refractivity contribution in [1.82, 2.24) is 15.0 Å². The van der Waals surface area contributed by atoms with Crippen molar-refractivity contribution >= 4 is 16.7 Å². The van der Waals surface area contributed by atoms with Gasteiger partial charge < -0.3 is 15.2 Å². The molecular weight excluding hydrogens is 268 g/mol. The molecule has 6 nitrogen and oxygen atoms in total. The van der Waals surface area contributed by atoms with E-state index >= 15 is 0 Å². The van der Waals surface area contributed by atoms with Crippen molar-refractivity contribution in [2.45, 2.75) is 6.92 Å². The number of aromatic nitrogens is 3. The number of ether oxygens (including phenoxy) is 1. The molecule has 0 amide bonds. The van der Waals surface area contributed by atoms with Crippen molar-refractivity contribution in [1.29, 1.82) is 0 Å². The van der Waals surface area contributed by atoms with Crippen molar-refractivity contribution in [2.24, 2.45) is 0 Å². The highest BCUT2D eigenvalue weighted by molar-refractivity contribution is 5.85. The summed E-state index contributed by atoms with van der Waals surface area (Å²) in [4.78, 5) is 12.5. The molecule has 6 heteroatoms. The van der Waals surface area contributed by atoms with Crippen LogP contribution in [0.25, 0.3) is 10.9 Å². The molecule has 0 bridgehead atoms. The van der Waals surface area contributed by atoms with Crippen LogP contribution in [0, 0.1) is 6.92 Å². The fourth-order valence-corrected chi connectivity index (χ4v) is 1.96. The molecule has 106 valence electrons. The predicted molar refractivity (Wildman–Crippen MR) is 79.8 cm³/mol. The van der Waals surface area contributed by atoms with Gasteiger partial charge >= 0.3 is 0 Å². The molecule has 0 fully saturated rings. The molecule has 2 N–H and O–H groups in total. The molecule has 0 spiro atoms. The van der Waals surface area contributed by atoms with Gasteiger partial charge in [0.2, 0.25) is 5.88 Å². The van der Waals surface area contributed by atoms with Gasteiger partial charge in [-0.3, -0.25) is 0 Å². The van der Waals surface area contributed by atoms with Gasteiger partial charge in [-0.15, -0.1) is 0 Å². The van der Waals surface area contributed by atoms with Crippen LogP contribution in [0.4, 0.5) is 5.82 Å². The van der Waals surface area contributed by atoms with Gasteiger partial charge in [-0.25, -0.2) is 15.0 Å².